The molecule has 0 aromatic carbocycles. The van der Waals surface area contributed by atoms with E-state index in [0.29, 0.717) is 0 Å². The number of hydrogen-bond acceptors (Lipinski definition) is 2. The molecule has 3 heteroatoms. The Bertz CT molecular complexity index is 339. The largest absolute Gasteiger partial charge is 0.332 e. The minimum atomic E-state index is 0.998. The highest BCUT2D eigenvalue weighted by Crippen LogP contribution is 2.30. The van der Waals surface area contributed by atoms with E-state index in [-0.39, 0.29) is 0 Å². The van der Waals surface area contributed by atoms with Crippen molar-refractivity contribution < 1.29 is 0 Å². The summed E-state index contributed by atoms with van der Waals surface area (Å²) in [5.41, 5.74) is 1.16. The van der Waals surface area contributed by atoms with Gasteiger partial charge in [-0.05, 0) is 25.7 Å². The second-order valence-corrected chi connectivity index (χ2v) is 4.67. The Morgan fingerprint density at radius 1 is 1.31 bits per heavy atom. The third-order valence-electron chi connectivity index (χ3n) is 3.22. The summed E-state index contributed by atoms with van der Waals surface area (Å²) in [7, 11) is 0. The first-order chi connectivity index (χ1) is 7.81. The molecular weight excluding hydrogens is 198 g/mol. The molecule has 1 aliphatic heterocycles. The Morgan fingerprint density at radius 2 is 2.06 bits per heavy atom. The maximum Gasteiger partial charge on any atom is 0.123 e. The van der Waals surface area contributed by atoms with E-state index in [1.165, 1.54) is 31.8 Å². The van der Waals surface area contributed by atoms with E-state index in [0.717, 1.165) is 24.7 Å². The maximum absolute atomic E-state index is 4.55. The summed E-state index contributed by atoms with van der Waals surface area (Å²) in [4.78, 5) is 7.11. The highest BCUT2D eigenvalue weighted by atomic mass is 15.2. The maximum atomic E-state index is 4.55. The van der Waals surface area contributed by atoms with Crippen molar-refractivity contribution in [3.05, 3.63) is 17.7 Å². The summed E-state index contributed by atoms with van der Waals surface area (Å²) in [6.07, 6.45) is 5.07. The lowest BCUT2D eigenvalue weighted by Gasteiger charge is -2.27. The van der Waals surface area contributed by atoms with Gasteiger partial charge in [-0.1, -0.05) is 13.8 Å². The van der Waals surface area contributed by atoms with E-state index < -0.39 is 0 Å². The van der Waals surface area contributed by atoms with E-state index in [1.807, 2.05) is 13.8 Å². The SMILES string of the molecule is CC.Cc1cn2c(n1)CN(CC1CC1)CC2. The van der Waals surface area contributed by atoms with Crippen molar-refractivity contribution in [2.24, 2.45) is 5.92 Å². The third kappa shape index (κ3) is 2.64. The number of rotatable bonds is 2. The molecule has 0 unspecified atom stereocenters. The second-order valence-electron chi connectivity index (χ2n) is 4.67. The first-order valence-corrected chi connectivity index (χ1v) is 6.56. The van der Waals surface area contributed by atoms with Gasteiger partial charge in [-0.25, -0.2) is 4.98 Å². The molecule has 16 heavy (non-hydrogen) atoms. The van der Waals surface area contributed by atoms with E-state index in [4.69, 9.17) is 0 Å². The number of aromatic nitrogens is 2. The van der Waals surface area contributed by atoms with Gasteiger partial charge in [-0.2, -0.15) is 0 Å². The molecule has 2 aliphatic rings. The molecule has 90 valence electrons. The average molecular weight is 221 g/mol. The van der Waals surface area contributed by atoms with Crippen LogP contribution in [0.1, 0.15) is 38.2 Å². The zero-order valence-electron chi connectivity index (χ0n) is 10.7. The van der Waals surface area contributed by atoms with E-state index in [1.54, 1.807) is 0 Å². The molecule has 1 fully saturated rings. The molecule has 0 radical (unpaired) electrons. The normalized spacial score (nSPS) is 19.9. The van der Waals surface area contributed by atoms with Gasteiger partial charge in [-0.15, -0.1) is 0 Å². The molecule has 0 bridgehead atoms. The first-order valence-electron chi connectivity index (χ1n) is 6.56. The summed E-state index contributed by atoms with van der Waals surface area (Å²) < 4.78 is 2.30. The Hall–Kier alpha value is -0.830. The van der Waals surface area contributed by atoms with Crippen molar-refractivity contribution in [2.45, 2.75) is 46.7 Å². The summed E-state index contributed by atoms with van der Waals surface area (Å²) in [5.74, 6) is 2.26. The van der Waals surface area contributed by atoms with Crippen LogP contribution in [-0.2, 0) is 13.1 Å². The Labute approximate surface area is 98.5 Å². The Balaban J connectivity index is 0.000000457. The molecule has 0 atom stereocenters. The van der Waals surface area contributed by atoms with E-state index >= 15 is 0 Å². The summed E-state index contributed by atoms with van der Waals surface area (Å²) in [6.45, 7) is 10.8. The Kier molecular flexibility index (Phi) is 3.64. The van der Waals surface area contributed by atoms with Crippen molar-refractivity contribution >= 4 is 0 Å². The van der Waals surface area contributed by atoms with Crippen LogP contribution in [0.25, 0.3) is 0 Å². The van der Waals surface area contributed by atoms with Crippen LogP contribution in [0.4, 0.5) is 0 Å². The molecular formula is C13H23N3. The topological polar surface area (TPSA) is 21.1 Å². The monoisotopic (exact) mass is 221 g/mol. The van der Waals surface area contributed by atoms with Crippen LogP contribution in [0.5, 0.6) is 0 Å². The molecule has 0 spiro atoms. The number of aryl methyl sites for hydroxylation is 1. The fourth-order valence-corrected chi connectivity index (χ4v) is 2.27. The lowest BCUT2D eigenvalue weighted by atomic mass is 10.3. The first kappa shape index (κ1) is 11.6. The van der Waals surface area contributed by atoms with Crippen LogP contribution in [-0.4, -0.2) is 27.5 Å². The van der Waals surface area contributed by atoms with Gasteiger partial charge in [-0.3, -0.25) is 4.90 Å². The third-order valence-corrected chi connectivity index (χ3v) is 3.22. The van der Waals surface area contributed by atoms with E-state index in [2.05, 4.69) is 27.6 Å². The highest BCUT2D eigenvalue weighted by Gasteiger charge is 2.26. The minimum absolute atomic E-state index is 0.998. The number of fused-ring (bicyclic) bond motifs is 1. The standard InChI is InChI=1S/C11H17N3.C2H6/c1-9-6-14-5-4-13(7-10-2-3-10)8-11(14)12-9;1-2/h6,10H,2-5,7-8H2,1H3;1-2H3. The smallest absolute Gasteiger partial charge is 0.123 e. The molecule has 2 heterocycles. The van der Waals surface area contributed by atoms with Crippen molar-refractivity contribution in [1.29, 1.82) is 0 Å². The quantitative estimate of drug-likeness (QED) is 0.765. The lowest BCUT2D eigenvalue weighted by Crippen LogP contribution is -2.34. The minimum Gasteiger partial charge on any atom is -0.332 e. The van der Waals surface area contributed by atoms with Crippen molar-refractivity contribution in [2.75, 3.05) is 13.1 Å². The zero-order chi connectivity index (χ0) is 11.5. The van der Waals surface area contributed by atoms with Gasteiger partial charge < -0.3 is 4.57 Å². The molecule has 1 saturated carbocycles. The molecule has 0 amide bonds. The fourth-order valence-electron chi connectivity index (χ4n) is 2.27. The van der Waals surface area contributed by atoms with Crippen LogP contribution < -0.4 is 0 Å². The van der Waals surface area contributed by atoms with Gasteiger partial charge in [0.1, 0.15) is 5.82 Å². The predicted octanol–water partition coefficient (Wildman–Crippen LogP) is 2.44. The van der Waals surface area contributed by atoms with Gasteiger partial charge in [0.25, 0.3) is 0 Å². The number of hydrogen-bond donors (Lipinski definition) is 0. The lowest BCUT2D eigenvalue weighted by molar-refractivity contribution is 0.209. The van der Waals surface area contributed by atoms with Crippen LogP contribution in [0.15, 0.2) is 6.20 Å². The Morgan fingerprint density at radius 3 is 2.75 bits per heavy atom. The molecule has 1 aliphatic carbocycles. The molecule has 1 aromatic heterocycles. The summed E-state index contributed by atoms with van der Waals surface area (Å²) in [6, 6.07) is 0. The molecule has 0 saturated heterocycles. The predicted molar refractivity (Wildman–Crippen MR) is 66.3 cm³/mol. The summed E-state index contributed by atoms with van der Waals surface area (Å²) >= 11 is 0. The summed E-state index contributed by atoms with van der Waals surface area (Å²) in [5, 5.41) is 0. The van der Waals surface area contributed by atoms with Crippen LogP contribution in [0, 0.1) is 12.8 Å². The van der Waals surface area contributed by atoms with Gasteiger partial charge in [0, 0.05) is 25.8 Å². The van der Waals surface area contributed by atoms with Gasteiger partial charge in [0.05, 0.1) is 12.2 Å². The van der Waals surface area contributed by atoms with Crippen molar-refractivity contribution in [3.8, 4) is 0 Å². The average Bonchev–Trinajstić information content (AvgIpc) is 3.01. The second kappa shape index (κ2) is 5.00. The van der Waals surface area contributed by atoms with Crippen molar-refractivity contribution in [3.63, 3.8) is 0 Å². The van der Waals surface area contributed by atoms with Gasteiger partial charge in [0.15, 0.2) is 0 Å². The van der Waals surface area contributed by atoms with Gasteiger partial charge in [0.2, 0.25) is 0 Å². The molecule has 1 aromatic rings. The fraction of sp³-hybridized carbons (Fsp3) is 0.769. The van der Waals surface area contributed by atoms with Crippen LogP contribution in [0.3, 0.4) is 0 Å². The van der Waals surface area contributed by atoms with Crippen LogP contribution >= 0.6 is 0 Å². The van der Waals surface area contributed by atoms with E-state index in [9.17, 15) is 0 Å². The van der Waals surface area contributed by atoms with Crippen LogP contribution in [0.2, 0.25) is 0 Å². The van der Waals surface area contributed by atoms with Gasteiger partial charge >= 0.3 is 0 Å². The number of nitrogens with zero attached hydrogens (tertiary/aromatic N) is 3. The number of imidazole rings is 1. The highest BCUT2D eigenvalue weighted by molar-refractivity contribution is 5.04. The molecule has 0 N–H and O–H groups in total. The zero-order valence-corrected chi connectivity index (χ0v) is 10.7. The molecule has 3 rings (SSSR count). The van der Waals surface area contributed by atoms with Crippen molar-refractivity contribution in [1.82, 2.24) is 14.5 Å². The molecule has 3 nitrogen and oxygen atoms in total.